The standard InChI is InChI=1S/C14H17ClN2O2/c1-3-16-8-11-7-12(15)4-5-14(11)18-9-13-6-10(2)17-19-13/h4-7,16H,3,8-9H2,1-2H3. The molecule has 0 atom stereocenters. The van der Waals surface area contributed by atoms with E-state index in [0.29, 0.717) is 17.4 Å². The number of benzene rings is 1. The number of ether oxygens (including phenoxy) is 1. The van der Waals surface area contributed by atoms with E-state index in [2.05, 4.69) is 17.4 Å². The summed E-state index contributed by atoms with van der Waals surface area (Å²) in [5.74, 6) is 1.52. The first kappa shape index (κ1) is 13.9. The van der Waals surface area contributed by atoms with Crippen molar-refractivity contribution in [2.75, 3.05) is 6.54 Å². The van der Waals surface area contributed by atoms with Gasteiger partial charge in [-0.25, -0.2) is 0 Å². The third-order valence-corrected chi connectivity index (χ3v) is 2.87. The first-order valence-corrected chi connectivity index (χ1v) is 6.61. The third kappa shape index (κ3) is 3.98. The molecule has 0 aliphatic heterocycles. The fraction of sp³-hybridized carbons (Fsp3) is 0.357. The van der Waals surface area contributed by atoms with Gasteiger partial charge in [0.25, 0.3) is 0 Å². The molecule has 5 heteroatoms. The van der Waals surface area contributed by atoms with E-state index in [9.17, 15) is 0 Å². The molecule has 2 aromatic rings. The molecule has 0 radical (unpaired) electrons. The molecular formula is C14H17ClN2O2. The molecule has 0 aliphatic carbocycles. The van der Waals surface area contributed by atoms with Crippen LogP contribution in [-0.2, 0) is 13.2 Å². The Hall–Kier alpha value is -1.52. The first-order valence-electron chi connectivity index (χ1n) is 6.23. The van der Waals surface area contributed by atoms with Crippen LogP contribution in [0.25, 0.3) is 0 Å². The van der Waals surface area contributed by atoms with Crippen molar-refractivity contribution in [1.29, 1.82) is 0 Å². The van der Waals surface area contributed by atoms with Gasteiger partial charge in [0.2, 0.25) is 0 Å². The highest BCUT2D eigenvalue weighted by molar-refractivity contribution is 6.30. The molecule has 2 rings (SSSR count). The van der Waals surface area contributed by atoms with E-state index in [1.165, 1.54) is 0 Å². The second kappa shape index (κ2) is 6.59. The smallest absolute Gasteiger partial charge is 0.174 e. The van der Waals surface area contributed by atoms with Crippen LogP contribution in [0.4, 0.5) is 0 Å². The Bertz CT molecular complexity index is 540. The average Bonchev–Trinajstić information content (AvgIpc) is 2.81. The molecule has 0 bridgehead atoms. The molecule has 0 saturated carbocycles. The second-order valence-electron chi connectivity index (χ2n) is 4.26. The minimum atomic E-state index is 0.363. The predicted octanol–water partition coefficient (Wildman–Crippen LogP) is 3.32. The molecule has 0 saturated heterocycles. The van der Waals surface area contributed by atoms with E-state index in [1.807, 2.05) is 31.2 Å². The van der Waals surface area contributed by atoms with E-state index >= 15 is 0 Å². The van der Waals surface area contributed by atoms with E-state index in [1.54, 1.807) is 0 Å². The van der Waals surface area contributed by atoms with Crippen LogP contribution >= 0.6 is 11.6 Å². The number of aromatic nitrogens is 1. The van der Waals surface area contributed by atoms with Gasteiger partial charge in [0.15, 0.2) is 5.76 Å². The zero-order valence-electron chi connectivity index (χ0n) is 11.1. The largest absolute Gasteiger partial charge is 0.485 e. The lowest BCUT2D eigenvalue weighted by atomic mass is 10.2. The van der Waals surface area contributed by atoms with Crippen LogP contribution in [-0.4, -0.2) is 11.7 Å². The Kier molecular flexibility index (Phi) is 4.82. The molecule has 1 aromatic heterocycles. The van der Waals surface area contributed by atoms with Gasteiger partial charge in [-0.3, -0.25) is 0 Å². The summed E-state index contributed by atoms with van der Waals surface area (Å²) in [6, 6.07) is 7.46. The molecule has 1 aromatic carbocycles. The lowest BCUT2D eigenvalue weighted by Crippen LogP contribution is -2.12. The average molecular weight is 281 g/mol. The van der Waals surface area contributed by atoms with Crippen molar-refractivity contribution in [2.24, 2.45) is 0 Å². The third-order valence-electron chi connectivity index (χ3n) is 2.63. The molecule has 0 spiro atoms. The topological polar surface area (TPSA) is 47.3 Å². The molecule has 0 fully saturated rings. The molecule has 0 unspecified atom stereocenters. The normalized spacial score (nSPS) is 10.7. The van der Waals surface area contributed by atoms with Gasteiger partial charge in [0, 0.05) is 23.2 Å². The van der Waals surface area contributed by atoms with E-state index in [-0.39, 0.29) is 0 Å². The first-order chi connectivity index (χ1) is 9.19. The predicted molar refractivity (Wildman–Crippen MR) is 74.4 cm³/mol. The number of nitrogens with zero attached hydrogens (tertiary/aromatic N) is 1. The minimum Gasteiger partial charge on any atom is -0.485 e. The van der Waals surface area contributed by atoms with Crippen LogP contribution < -0.4 is 10.1 Å². The number of aryl methyl sites for hydroxylation is 1. The number of nitrogens with one attached hydrogen (secondary N) is 1. The van der Waals surface area contributed by atoms with E-state index in [0.717, 1.165) is 30.1 Å². The summed E-state index contributed by atoms with van der Waals surface area (Å²) in [6.45, 7) is 5.92. The van der Waals surface area contributed by atoms with Gasteiger partial charge in [-0.1, -0.05) is 23.7 Å². The Morgan fingerprint density at radius 2 is 2.21 bits per heavy atom. The fourth-order valence-corrected chi connectivity index (χ4v) is 1.91. The molecule has 1 heterocycles. The highest BCUT2D eigenvalue weighted by Gasteiger charge is 2.07. The Morgan fingerprint density at radius 3 is 2.89 bits per heavy atom. The van der Waals surface area contributed by atoms with Crippen molar-refractivity contribution < 1.29 is 9.26 Å². The second-order valence-corrected chi connectivity index (χ2v) is 4.69. The molecule has 4 nitrogen and oxygen atoms in total. The molecule has 0 amide bonds. The number of rotatable bonds is 6. The summed E-state index contributed by atoms with van der Waals surface area (Å²) in [4.78, 5) is 0. The molecule has 1 N–H and O–H groups in total. The van der Waals surface area contributed by atoms with Crippen molar-refractivity contribution in [2.45, 2.75) is 27.0 Å². The van der Waals surface area contributed by atoms with Crippen LogP contribution in [0.2, 0.25) is 5.02 Å². The maximum Gasteiger partial charge on any atom is 0.174 e. The van der Waals surface area contributed by atoms with Crippen molar-refractivity contribution in [3.63, 3.8) is 0 Å². The van der Waals surface area contributed by atoms with Gasteiger partial charge in [-0.2, -0.15) is 0 Å². The molecular weight excluding hydrogens is 264 g/mol. The summed E-state index contributed by atoms with van der Waals surface area (Å²) in [6.07, 6.45) is 0. The summed E-state index contributed by atoms with van der Waals surface area (Å²) < 4.78 is 10.9. The maximum absolute atomic E-state index is 6.00. The number of hydrogen-bond acceptors (Lipinski definition) is 4. The van der Waals surface area contributed by atoms with Crippen LogP contribution in [0.15, 0.2) is 28.8 Å². The van der Waals surface area contributed by atoms with Crippen molar-refractivity contribution >= 4 is 11.6 Å². The lowest BCUT2D eigenvalue weighted by Gasteiger charge is -2.11. The Labute approximate surface area is 117 Å². The SMILES string of the molecule is CCNCc1cc(Cl)ccc1OCc1cc(C)no1. The van der Waals surface area contributed by atoms with Gasteiger partial charge in [0.1, 0.15) is 12.4 Å². The molecule has 102 valence electrons. The van der Waals surface area contributed by atoms with Gasteiger partial charge >= 0.3 is 0 Å². The van der Waals surface area contributed by atoms with Crippen molar-refractivity contribution in [3.8, 4) is 5.75 Å². The molecule has 19 heavy (non-hydrogen) atoms. The Balaban J connectivity index is 2.05. The monoisotopic (exact) mass is 280 g/mol. The summed E-state index contributed by atoms with van der Waals surface area (Å²) in [5, 5.41) is 7.79. The zero-order valence-corrected chi connectivity index (χ0v) is 11.8. The highest BCUT2D eigenvalue weighted by Crippen LogP contribution is 2.23. The highest BCUT2D eigenvalue weighted by atomic mass is 35.5. The van der Waals surface area contributed by atoms with E-state index < -0.39 is 0 Å². The molecule has 0 aliphatic rings. The van der Waals surface area contributed by atoms with E-state index in [4.69, 9.17) is 20.9 Å². The number of halogens is 1. The summed E-state index contributed by atoms with van der Waals surface area (Å²) >= 11 is 6.00. The zero-order chi connectivity index (χ0) is 13.7. The lowest BCUT2D eigenvalue weighted by molar-refractivity contribution is 0.246. The Morgan fingerprint density at radius 1 is 1.37 bits per heavy atom. The van der Waals surface area contributed by atoms with Crippen LogP contribution in [0, 0.1) is 6.92 Å². The maximum atomic E-state index is 6.00. The van der Waals surface area contributed by atoms with Crippen LogP contribution in [0.5, 0.6) is 5.75 Å². The van der Waals surface area contributed by atoms with Gasteiger partial charge in [0.05, 0.1) is 5.69 Å². The summed E-state index contributed by atoms with van der Waals surface area (Å²) in [5.41, 5.74) is 1.88. The summed E-state index contributed by atoms with van der Waals surface area (Å²) in [7, 11) is 0. The van der Waals surface area contributed by atoms with Crippen LogP contribution in [0.1, 0.15) is 23.9 Å². The number of hydrogen-bond donors (Lipinski definition) is 1. The van der Waals surface area contributed by atoms with Crippen LogP contribution in [0.3, 0.4) is 0 Å². The quantitative estimate of drug-likeness (QED) is 0.882. The van der Waals surface area contributed by atoms with Crippen molar-refractivity contribution in [1.82, 2.24) is 10.5 Å². The minimum absolute atomic E-state index is 0.363. The van der Waals surface area contributed by atoms with Crippen molar-refractivity contribution in [3.05, 3.63) is 46.3 Å². The fourth-order valence-electron chi connectivity index (χ4n) is 1.72. The van der Waals surface area contributed by atoms with Gasteiger partial charge in [-0.05, 0) is 31.7 Å². The van der Waals surface area contributed by atoms with Gasteiger partial charge < -0.3 is 14.6 Å². The van der Waals surface area contributed by atoms with Gasteiger partial charge in [-0.15, -0.1) is 0 Å².